The number of phenols is 1. The molecule has 84 valence electrons. The molecule has 2 aromatic heterocycles. The lowest BCUT2D eigenvalue weighted by Crippen LogP contribution is -1.96. The van der Waals surface area contributed by atoms with Gasteiger partial charge in [0.1, 0.15) is 16.5 Å². The van der Waals surface area contributed by atoms with E-state index in [2.05, 4.69) is 8.83 Å². The van der Waals surface area contributed by atoms with Gasteiger partial charge < -0.3 is 13.9 Å². The van der Waals surface area contributed by atoms with Crippen LogP contribution in [0.15, 0.2) is 34.1 Å². The topological polar surface area (TPSA) is 115 Å². The number of phenolic OH excluding ortho intramolecular Hbond substituents is 1. The van der Waals surface area contributed by atoms with Gasteiger partial charge in [0.25, 0.3) is 0 Å². The first-order valence-electron chi connectivity index (χ1n) is 4.43. The second kappa shape index (κ2) is 2.70. The first kappa shape index (κ1) is 9.52. The Morgan fingerprint density at radius 3 is 1.59 bits per heavy atom. The SMILES string of the molecule is O=c1oc(=O)c2c(O)c3c(=O)oc(=O)c3cc12. The Morgan fingerprint density at radius 1 is 0.765 bits per heavy atom. The highest BCUT2D eigenvalue weighted by atomic mass is 16.4. The molecule has 1 aromatic carbocycles. The molecule has 7 nitrogen and oxygen atoms in total. The van der Waals surface area contributed by atoms with Crippen molar-refractivity contribution in [3.8, 4) is 5.75 Å². The van der Waals surface area contributed by atoms with Crippen molar-refractivity contribution in [2.75, 3.05) is 0 Å². The quantitative estimate of drug-likeness (QED) is 0.541. The molecule has 0 amide bonds. The third-order valence-corrected chi connectivity index (χ3v) is 2.52. The van der Waals surface area contributed by atoms with Gasteiger partial charge in [-0.1, -0.05) is 0 Å². The van der Waals surface area contributed by atoms with Crippen molar-refractivity contribution in [1.82, 2.24) is 0 Å². The summed E-state index contributed by atoms with van der Waals surface area (Å²) in [5.74, 6) is -0.760. The Bertz CT molecular complexity index is 886. The Balaban J connectivity index is 2.87. The summed E-state index contributed by atoms with van der Waals surface area (Å²) in [5.41, 5.74) is -4.07. The molecule has 0 saturated heterocycles. The van der Waals surface area contributed by atoms with Crippen LogP contribution in [-0.4, -0.2) is 5.11 Å². The van der Waals surface area contributed by atoms with Crippen LogP contribution >= 0.6 is 0 Å². The fraction of sp³-hybridized carbons (Fsp3) is 0. The summed E-state index contributed by atoms with van der Waals surface area (Å²) >= 11 is 0. The number of hydrogen-bond donors (Lipinski definition) is 1. The lowest BCUT2D eigenvalue weighted by atomic mass is 10.1. The van der Waals surface area contributed by atoms with Crippen molar-refractivity contribution in [2.45, 2.75) is 0 Å². The minimum atomic E-state index is -1.06. The first-order valence-corrected chi connectivity index (χ1v) is 4.43. The Kier molecular flexibility index (Phi) is 1.51. The fourth-order valence-electron chi connectivity index (χ4n) is 1.78. The van der Waals surface area contributed by atoms with Crippen LogP contribution in [-0.2, 0) is 0 Å². The molecule has 0 bridgehead atoms. The maximum absolute atomic E-state index is 11.2. The van der Waals surface area contributed by atoms with Crippen LogP contribution in [0.1, 0.15) is 0 Å². The zero-order valence-electron chi connectivity index (χ0n) is 7.97. The number of fused-ring (bicyclic) bond motifs is 2. The fourth-order valence-corrected chi connectivity index (χ4v) is 1.78. The van der Waals surface area contributed by atoms with Crippen LogP contribution < -0.4 is 22.5 Å². The van der Waals surface area contributed by atoms with Crippen molar-refractivity contribution in [1.29, 1.82) is 0 Å². The molecule has 0 radical (unpaired) electrons. The molecule has 0 spiro atoms. The maximum atomic E-state index is 11.2. The van der Waals surface area contributed by atoms with Gasteiger partial charge in [0, 0.05) is 0 Å². The largest absolute Gasteiger partial charge is 0.506 e. The second-order valence-electron chi connectivity index (χ2n) is 3.42. The number of hydrogen-bond acceptors (Lipinski definition) is 7. The summed E-state index contributed by atoms with van der Waals surface area (Å²) in [6.07, 6.45) is 0. The van der Waals surface area contributed by atoms with E-state index in [-0.39, 0.29) is 10.8 Å². The smallest absolute Gasteiger partial charge is 0.350 e. The summed E-state index contributed by atoms with van der Waals surface area (Å²) in [6.45, 7) is 0. The molecule has 7 heteroatoms. The number of aromatic hydroxyl groups is 1. The Hall–Kier alpha value is -2.70. The number of furan rings is 2. The van der Waals surface area contributed by atoms with E-state index in [1.54, 1.807) is 0 Å². The minimum Gasteiger partial charge on any atom is -0.506 e. The molecule has 0 saturated carbocycles. The van der Waals surface area contributed by atoms with Gasteiger partial charge in [-0.15, -0.1) is 0 Å². The van der Waals surface area contributed by atoms with Crippen LogP contribution in [0.3, 0.4) is 0 Å². The molecule has 0 atom stereocenters. The summed E-state index contributed by atoms with van der Waals surface area (Å²) in [6, 6.07) is 1.00. The standard InChI is InChI=1S/C10H2O7/c11-6-4-2(7(12)16-9(4)14)1-3-5(6)10(15)17-8(3)13/h1,11H. The van der Waals surface area contributed by atoms with E-state index in [1.807, 2.05) is 0 Å². The Morgan fingerprint density at radius 2 is 1.18 bits per heavy atom. The average Bonchev–Trinajstić information content (AvgIpc) is 2.68. The lowest BCUT2D eigenvalue weighted by molar-refractivity contribution is 0.474. The van der Waals surface area contributed by atoms with E-state index in [4.69, 9.17) is 0 Å². The molecule has 3 rings (SSSR count). The highest BCUT2D eigenvalue weighted by molar-refractivity contribution is 6.03. The van der Waals surface area contributed by atoms with Gasteiger partial charge in [0.15, 0.2) is 0 Å². The molecule has 0 aliphatic carbocycles. The lowest BCUT2D eigenvalue weighted by Gasteiger charge is -1.91. The van der Waals surface area contributed by atoms with Crippen LogP contribution in [0, 0.1) is 0 Å². The van der Waals surface area contributed by atoms with Crippen LogP contribution in [0.2, 0.25) is 0 Å². The maximum Gasteiger partial charge on any atom is 0.350 e. The van der Waals surface area contributed by atoms with E-state index in [0.29, 0.717) is 0 Å². The molecule has 2 heterocycles. The van der Waals surface area contributed by atoms with E-state index in [9.17, 15) is 24.3 Å². The van der Waals surface area contributed by atoms with Gasteiger partial charge in [0.2, 0.25) is 0 Å². The van der Waals surface area contributed by atoms with E-state index < -0.39 is 39.0 Å². The molecule has 0 fully saturated rings. The summed E-state index contributed by atoms with van der Waals surface area (Å²) in [5, 5.41) is 8.36. The predicted octanol–water partition coefficient (Wildman–Crippen LogP) is -0.799. The minimum absolute atomic E-state index is 0.252. The third kappa shape index (κ3) is 0.996. The van der Waals surface area contributed by atoms with Gasteiger partial charge in [-0.25, -0.2) is 19.2 Å². The average molecular weight is 234 g/mol. The molecular weight excluding hydrogens is 232 g/mol. The normalized spacial score (nSPS) is 11.5. The summed E-state index contributed by atoms with van der Waals surface area (Å²) in [7, 11) is 0. The van der Waals surface area contributed by atoms with Crippen LogP contribution in [0.4, 0.5) is 0 Å². The van der Waals surface area contributed by atoms with Crippen molar-refractivity contribution in [2.24, 2.45) is 0 Å². The highest BCUT2D eigenvalue weighted by Gasteiger charge is 2.21. The Labute approximate surface area is 89.8 Å². The molecule has 3 aromatic rings. The van der Waals surface area contributed by atoms with Crippen molar-refractivity contribution < 1.29 is 13.9 Å². The summed E-state index contributed by atoms with van der Waals surface area (Å²) < 4.78 is 8.52. The van der Waals surface area contributed by atoms with E-state index in [1.165, 1.54) is 0 Å². The summed E-state index contributed by atoms with van der Waals surface area (Å²) in [4.78, 5) is 44.9. The zero-order valence-corrected chi connectivity index (χ0v) is 7.97. The zero-order chi connectivity index (χ0) is 12.3. The second-order valence-corrected chi connectivity index (χ2v) is 3.42. The third-order valence-electron chi connectivity index (χ3n) is 2.52. The van der Waals surface area contributed by atoms with E-state index >= 15 is 0 Å². The highest BCUT2D eigenvalue weighted by Crippen LogP contribution is 2.27. The van der Waals surface area contributed by atoms with Crippen molar-refractivity contribution >= 4 is 21.5 Å². The van der Waals surface area contributed by atoms with Gasteiger partial charge in [-0.2, -0.15) is 0 Å². The van der Waals surface area contributed by atoms with Crippen LogP contribution in [0.5, 0.6) is 5.75 Å². The van der Waals surface area contributed by atoms with Gasteiger partial charge in [0.05, 0.1) is 10.8 Å². The van der Waals surface area contributed by atoms with Crippen LogP contribution in [0.25, 0.3) is 21.5 Å². The van der Waals surface area contributed by atoms with Gasteiger partial charge in [-0.05, 0) is 6.07 Å². The van der Waals surface area contributed by atoms with Gasteiger partial charge in [-0.3, -0.25) is 0 Å². The molecule has 0 unspecified atom stereocenters. The molecule has 1 N–H and O–H groups in total. The molecule has 0 aliphatic heterocycles. The molecule has 17 heavy (non-hydrogen) atoms. The number of benzene rings is 1. The van der Waals surface area contributed by atoms with Crippen molar-refractivity contribution in [3.05, 3.63) is 47.7 Å². The predicted molar refractivity (Wildman–Crippen MR) is 55.1 cm³/mol. The van der Waals surface area contributed by atoms with Gasteiger partial charge >= 0.3 is 22.5 Å². The monoisotopic (exact) mass is 234 g/mol. The molecular formula is C10H2O7. The van der Waals surface area contributed by atoms with E-state index in [0.717, 1.165) is 6.07 Å². The molecule has 0 aliphatic rings. The van der Waals surface area contributed by atoms with Crippen molar-refractivity contribution in [3.63, 3.8) is 0 Å². The number of rotatable bonds is 0. The first-order chi connectivity index (χ1) is 8.00.